The van der Waals surface area contributed by atoms with Crippen LogP contribution in [0.4, 0.5) is 11.5 Å². The zero-order chi connectivity index (χ0) is 31.3. The predicted octanol–water partition coefficient (Wildman–Crippen LogP) is 6.80. The first-order chi connectivity index (χ1) is 22.5. The highest BCUT2D eigenvalue weighted by atomic mass is 32.2. The monoisotopic (exact) mass is 629 g/mol. The van der Waals surface area contributed by atoms with Crippen molar-refractivity contribution in [2.45, 2.75) is 36.7 Å². The summed E-state index contributed by atoms with van der Waals surface area (Å²) in [5, 5.41) is 15.2. The molecule has 4 aromatic carbocycles. The molecule has 0 aliphatic heterocycles. The van der Waals surface area contributed by atoms with Crippen LogP contribution in [0.25, 0.3) is 32.9 Å². The van der Waals surface area contributed by atoms with Crippen LogP contribution in [-0.2, 0) is 16.6 Å². The molecule has 232 valence electrons. The van der Waals surface area contributed by atoms with Crippen LogP contribution in [0, 0.1) is 17.8 Å². The van der Waals surface area contributed by atoms with E-state index in [1.165, 1.54) is 35.5 Å². The van der Waals surface area contributed by atoms with Gasteiger partial charge in [0.15, 0.2) is 5.82 Å². The molecule has 0 amide bonds. The van der Waals surface area contributed by atoms with E-state index >= 15 is 0 Å². The smallest absolute Gasteiger partial charge is 0.269 e. The first kappa shape index (κ1) is 28.9. The van der Waals surface area contributed by atoms with Gasteiger partial charge in [-0.05, 0) is 96.3 Å². The molecule has 2 aliphatic rings. The molecule has 4 unspecified atom stereocenters. The van der Waals surface area contributed by atoms with E-state index < -0.39 is 10.0 Å². The Morgan fingerprint density at radius 2 is 1.67 bits per heavy atom. The second-order valence-corrected chi connectivity index (χ2v) is 14.3. The Morgan fingerprint density at radius 3 is 2.50 bits per heavy atom. The topological polar surface area (TPSA) is 111 Å². The summed E-state index contributed by atoms with van der Waals surface area (Å²) >= 11 is 0. The Balaban J connectivity index is 1.15. The molecule has 3 N–H and O–H groups in total. The number of nitrogens with zero attached hydrogens (tertiary/aromatic N) is 3. The van der Waals surface area contributed by atoms with Crippen LogP contribution in [0.3, 0.4) is 0 Å². The lowest BCUT2D eigenvalue weighted by atomic mass is 9.85. The van der Waals surface area contributed by atoms with Crippen LogP contribution in [0.1, 0.15) is 24.8 Å². The second-order valence-electron chi connectivity index (χ2n) is 12.5. The molecule has 8 nitrogen and oxygen atoms in total. The van der Waals surface area contributed by atoms with Crippen LogP contribution in [-0.4, -0.2) is 41.1 Å². The van der Waals surface area contributed by atoms with Crippen LogP contribution < -0.4 is 9.62 Å². The number of anilines is 2. The highest BCUT2D eigenvalue weighted by molar-refractivity contribution is 7.93. The summed E-state index contributed by atoms with van der Waals surface area (Å²) in [4.78, 5) is 12.4. The van der Waals surface area contributed by atoms with E-state index in [0.717, 1.165) is 28.6 Å². The number of nitrogens with one attached hydrogen (secondary N) is 2. The molecule has 6 aromatic rings. The Hall–Kier alpha value is -4.57. The Bertz CT molecular complexity index is 2130. The fourth-order valence-corrected chi connectivity index (χ4v) is 9.14. The van der Waals surface area contributed by atoms with Crippen molar-refractivity contribution in [1.29, 1.82) is 0 Å². The van der Waals surface area contributed by atoms with Gasteiger partial charge in [0.25, 0.3) is 10.0 Å². The van der Waals surface area contributed by atoms with E-state index in [1.54, 1.807) is 36.4 Å². The maximum atomic E-state index is 14.3. The van der Waals surface area contributed by atoms with Gasteiger partial charge in [-0.15, -0.1) is 0 Å². The normalized spacial score (nSPS) is 20.9. The Morgan fingerprint density at radius 1 is 0.870 bits per heavy atom. The van der Waals surface area contributed by atoms with E-state index in [2.05, 4.69) is 44.5 Å². The fourth-order valence-electron chi connectivity index (χ4n) is 7.67. The number of fused-ring (bicyclic) bond motifs is 4. The molecule has 9 heteroatoms. The molecular weight excluding hydrogens is 595 g/mol. The quantitative estimate of drug-likeness (QED) is 0.162. The third-order valence-electron chi connectivity index (χ3n) is 9.99. The Kier molecular flexibility index (Phi) is 7.32. The van der Waals surface area contributed by atoms with Crippen molar-refractivity contribution >= 4 is 43.3 Å². The molecule has 0 spiro atoms. The first-order valence-corrected chi connectivity index (χ1v) is 17.3. The number of aromatic nitrogens is 3. The number of benzene rings is 4. The molecule has 8 rings (SSSR count). The van der Waals surface area contributed by atoms with Gasteiger partial charge in [-0.2, -0.15) is 0 Å². The molecule has 0 radical (unpaired) electrons. The SMILES string of the molecule is O=S(=O)(c1ccccc1)N(c1ccc2[nH]ccc2c1)c1ncnc2ccc(-c3ccc(CNC4C5CCC(C5)C4CO)cc3)cc12. The predicted molar refractivity (Wildman–Crippen MR) is 181 cm³/mol. The van der Waals surface area contributed by atoms with Gasteiger partial charge in [0.05, 0.1) is 16.1 Å². The molecule has 2 bridgehead atoms. The summed E-state index contributed by atoms with van der Waals surface area (Å²) < 4.78 is 30.0. The minimum Gasteiger partial charge on any atom is -0.396 e. The van der Waals surface area contributed by atoms with Crippen molar-refractivity contribution in [3.05, 3.63) is 115 Å². The third-order valence-corrected chi connectivity index (χ3v) is 11.7. The molecule has 46 heavy (non-hydrogen) atoms. The lowest BCUT2D eigenvalue weighted by molar-refractivity contribution is 0.142. The molecule has 4 atom stereocenters. The van der Waals surface area contributed by atoms with Gasteiger partial charge in [0.1, 0.15) is 6.33 Å². The van der Waals surface area contributed by atoms with E-state index in [1.807, 2.05) is 42.6 Å². The highest BCUT2D eigenvalue weighted by Gasteiger charge is 2.46. The average Bonchev–Trinajstić information content (AvgIpc) is 3.85. The largest absolute Gasteiger partial charge is 0.396 e. The Labute approximate surface area is 268 Å². The first-order valence-electron chi connectivity index (χ1n) is 15.9. The van der Waals surface area contributed by atoms with E-state index in [4.69, 9.17) is 0 Å². The zero-order valence-electron chi connectivity index (χ0n) is 25.3. The number of aliphatic hydroxyl groups excluding tert-OH is 1. The van der Waals surface area contributed by atoms with Gasteiger partial charge in [-0.1, -0.05) is 48.5 Å². The second kappa shape index (κ2) is 11.7. The van der Waals surface area contributed by atoms with Crippen molar-refractivity contribution in [3.63, 3.8) is 0 Å². The fraction of sp³-hybridized carbons (Fsp3) is 0.243. The van der Waals surface area contributed by atoms with Crippen molar-refractivity contribution in [1.82, 2.24) is 20.3 Å². The number of rotatable bonds is 9. The van der Waals surface area contributed by atoms with Crippen molar-refractivity contribution in [2.75, 3.05) is 10.9 Å². The minimum atomic E-state index is -4.05. The molecular formula is C37H35N5O3S. The van der Waals surface area contributed by atoms with Crippen molar-refractivity contribution in [3.8, 4) is 11.1 Å². The van der Waals surface area contributed by atoms with Crippen molar-refractivity contribution in [2.24, 2.45) is 17.8 Å². The van der Waals surface area contributed by atoms with Crippen LogP contribution in [0.15, 0.2) is 114 Å². The lowest BCUT2D eigenvalue weighted by Crippen LogP contribution is -2.41. The summed E-state index contributed by atoms with van der Waals surface area (Å²) in [7, 11) is -4.05. The molecule has 2 heterocycles. The van der Waals surface area contributed by atoms with E-state index in [9.17, 15) is 13.5 Å². The summed E-state index contributed by atoms with van der Waals surface area (Å²) in [5.74, 6) is 1.98. The maximum Gasteiger partial charge on any atom is 0.269 e. The zero-order valence-corrected chi connectivity index (χ0v) is 26.1. The van der Waals surface area contributed by atoms with Gasteiger partial charge >= 0.3 is 0 Å². The van der Waals surface area contributed by atoms with Gasteiger partial charge in [0.2, 0.25) is 0 Å². The van der Waals surface area contributed by atoms with Gasteiger partial charge < -0.3 is 15.4 Å². The van der Waals surface area contributed by atoms with E-state index in [-0.39, 0.29) is 17.3 Å². The van der Waals surface area contributed by atoms with Crippen LogP contribution in [0.2, 0.25) is 0 Å². The number of sulfonamides is 1. The summed E-state index contributed by atoms with van der Waals surface area (Å²) in [6, 6.07) is 30.6. The standard InChI is InChI=1S/C37H35N5O3S/c43-22-33-27-10-11-29(18-27)36(33)39-21-24-6-8-25(9-7-24)26-12-14-35-32(20-26)37(41-23-40-35)42(46(44,45)31-4-2-1-3-5-31)30-13-15-34-28(19-30)16-17-38-34/h1-9,12-17,19-20,23,27,29,33,36,38-39,43H,10-11,18,21-22H2. The highest BCUT2D eigenvalue weighted by Crippen LogP contribution is 2.48. The number of hydrogen-bond acceptors (Lipinski definition) is 6. The molecule has 2 saturated carbocycles. The number of hydrogen-bond donors (Lipinski definition) is 3. The van der Waals surface area contributed by atoms with Gasteiger partial charge in [0, 0.05) is 47.6 Å². The lowest BCUT2D eigenvalue weighted by Gasteiger charge is -2.30. The number of aliphatic hydroxyl groups is 1. The van der Waals surface area contributed by atoms with Gasteiger partial charge in [-0.3, -0.25) is 0 Å². The molecule has 0 saturated heterocycles. The third kappa shape index (κ3) is 5.05. The minimum absolute atomic E-state index is 0.173. The summed E-state index contributed by atoms with van der Waals surface area (Å²) in [6.45, 7) is 1.02. The van der Waals surface area contributed by atoms with Crippen molar-refractivity contribution < 1.29 is 13.5 Å². The van der Waals surface area contributed by atoms with Crippen LogP contribution >= 0.6 is 0 Å². The summed E-state index contributed by atoms with van der Waals surface area (Å²) in [5.41, 5.74) is 5.19. The van der Waals surface area contributed by atoms with Gasteiger partial charge in [-0.25, -0.2) is 22.7 Å². The number of H-pyrrole nitrogens is 1. The molecule has 2 aliphatic carbocycles. The molecule has 2 fully saturated rings. The number of aromatic amines is 1. The average molecular weight is 630 g/mol. The van der Waals surface area contributed by atoms with Crippen LogP contribution in [0.5, 0.6) is 0 Å². The summed E-state index contributed by atoms with van der Waals surface area (Å²) in [6.07, 6.45) is 7.00. The maximum absolute atomic E-state index is 14.3. The molecule has 2 aromatic heterocycles. The van der Waals surface area contributed by atoms with E-state index in [0.29, 0.717) is 40.4 Å².